The molecule has 2 fully saturated rings. The molecule has 2 aliphatic carbocycles. The van der Waals surface area contributed by atoms with Crippen LogP contribution in [0.2, 0.25) is 0 Å². The van der Waals surface area contributed by atoms with Gasteiger partial charge in [-0.2, -0.15) is 0 Å². The fourth-order valence-electron chi connectivity index (χ4n) is 4.98. The van der Waals surface area contributed by atoms with E-state index in [2.05, 4.69) is 44.3 Å². The van der Waals surface area contributed by atoms with Crippen molar-refractivity contribution in [3.63, 3.8) is 0 Å². The molecule has 0 aromatic heterocycles. The summed E-state index contributed by atoms with van der Waals surface area (Å²) in [4.78, 5) is 0. The molecule has 1 aromatic rings. The maximum Gasteiger partial charge on any atom is 0.0110 e. The molecule has 0 heterocycles. The zero-order valence-corrected chi connectivity index (χ0v) is 14.0. The van der Waals surface area contributed by atoms with Crippen LogP contribution in [0.15, 0.2) is 18.2 Å². The minimum Gasteiger partial charge on any atom is -0.314 e. The van der Waals surface area contributed by atoms with Crippen LogP contribution < -0.4 is 5.32 Å². The number of hydrogen-bond donors (Lipinski definition) is 1. The van der Waals surface area contributed by atoms with Crippen molar-refractivity contribution in [2.75, 3.05) is 6.54 Å². The van der Waals surface area contributed by atoms with Gasteiger partial charge in [0.05, 0.1) is 0 Å². The standard InChI is InChI=1S/C20H31N/c1-4-21-19(12-18-11-16-8-9-17(18)10-16)13-20-14(2)6-5-7-15(20)3/h5-7,16-19,21H,4,8-13H2,1-3H3. The van der Waals surface area contributed by atoms with Crippen LogP contribution in [0.5, 0.6) is 0 Å². The van der Waals surface area contributed by atoms with E-state index in [0.29, 0.717) is 6.04 Å². The number of rotatable bonds is 6. The summed E-state index contributed by atoms with van der Waals surface area (Å²) in [6.07, 6.45) is 8.68. The molecule has 1 aromatic carbocycles. The van der Waals surface area contributed by atoms with Gasteiger partial charge in [0.25, 0.3) is 0 Å². The van der Waals surface area contributed by atoms with Crippen LogP contribution in [0.25, 0.3) is 0 Å². The lowest BCUT2D eigenvalue weighted by Crippen LogP contribution is -2.34. The van der Waals surface area contributed by atoms with Gasteiger partial charge in [0, 0.05) is 6.04 Å². The van der Waals surface area contributed by atoms with Gasteiger partial charge in [-0.05, 0) is 86.9 Å². The predicted octanol–water partition coefficient (Wildman–Crippen LogP) is 4.65. The lowest BCUT2D eigenvalue weighted by atomic mass is 9.82. The predicted molar refractivity (Wildman–Crippen MR) is 90.6 cm³/mol. The molecule has 0 aliphatic heterocycles. The van der Waals surface area contributed by atoms with Crippen LogP contribution in [0.3, 0.4) is 0 Å². The van der Waals surface area contributed by atoms with Gasteiger partial charge in [-0.15, -0.1) is 0 Å². The Bertz CT molecular complexity index is 458. The van der Waals surface area contributed by atoms with Crippen LogP contribution in [-0.4, -0.2) is 12.6 Å². The lowest BCUT2D eigenvalue weighted by molar-refractivity contribution is 0.278. The minimum atomic E-state index is 0.666. The molecule has 1 N–H and O–H groups in total. The quantitative estimate of drug-likeness (QED) is 0.802. The van der Waals surface area contributed by atoms with Crippen molar-refractivity contribution in [3.8, 4) is 0 Å². The summed E-state index contributed by atoms with van der Waals surface area (Å²) >= 11 is 0. The summed E-state index contributed by atoms with van der Waals surface area (Å²) in [5.74, 6) is 3.12. The maximum absolute atomic E-state index is 3.77. The molecule has 2 aliphatic rings. The average molecular weight is 285 g/mol. The smallest absolute Gasteiger partial charge is 0.0110 e. The van der Waals surface area contributed by atoms with Gasteiger partial charge in [0.15, 0.2) is 0 Å². The Labute approximate surface area is 130 Å². The highest BCUT2D eigenvalue weighted by Gasteiger charge is 2.40. The Morgan fingerprint density at radius 2 is 1.90 bits per heavy atom. The van der Waals surface area contributed by atoms with Crippen molar-refractivity contribution in [3.05, 3.63) is 34.9 Å². The van der Waals surface area contributed by atoms with Crippen LogP contribution >= 0.6 is 0 Å². The van der Waals surface area contributed by atoms with Gasteiger partial charge in [0.1, 0.15) is 0 Å². The Morgan fingerprint density at radius 3 is 2.48 bits per heavy atom. The first-order valence-electron chi connectivity index (χ1n) is 8.95. The Kier molecular flexibility index (Phi) is 4.69. The van der Waals surface area contributed by atoms with E-state index in [0.717, 1.165) is 24.3 Å². The highest BCUT2D eigenvalue weighted by atomic mass is 14.9. The molecular formula is C20H31N. The molecule has 1 heteroatoms. The van der Waals surface area contributed by atoms with E-state index in [-0.39, 0.29) is 0 Å². The Balaban J connectivity index is 1.67. The van der Waals surface area contributed by atoms with Gasteiger partial charge < -0.3 is 5.32 Å². The van der Waals surface area contributed by atoms with Crippen molar-refractivity contribution < 1.29 is 0 Å². The number of aryl methyl sites for hydroxylation is 2. The fourth-order valence-corrected chi connectivity index (χ4v) is 4.98. The first-order chi connectivity index (χ1) is 10.2. The zero-order chi connectivity index (χ0) is 14.8. The van der Waals surface area contributed by atoms with Crippen molar-refractivity contribution in [2.24, 2.45) is 17.8 Å². The van der Waals surface area contributed by atoms with E-state index in [1.807, 2.05) is 0 Å². The molecule has 1 nitrogen and oxygen atoms in total. The highest BCUT2D eigenvalue weighted by Crippen LogP contribution is 2.50. The summed E-state index contributed by atoms with van der Waals surface area (Å²) < 4.78 is 0. The molecule has 2 saturated carbocycles. The van der Waals surface area contributed by atoms with E-state index < -0.39 is 0 Å². The van der Waals surface area contributed by atoms with E-state index in [1.165, 1.54) is 49.7 Å². The van der Waals surface area contributed by atoms with Crippen LogP contribution in [-0.2, 0) is 6.42 Å². The number of benzene rings is 1. The summed E-state index contributed by atoms with van der Waals surface area (Å²) in [5, 5.41) is 3.77. The van der Waals surface area contributed by atoms with Gasteiger partial charge in [-0.25, -0.2) is 0 Å². The second-order valence-electron chi connectivity index (χ2n) is 7.50. The summed E-state index contributed by atoms with van der Waals surface area (Å²) in [5.41, 5.74) is 4.50. The first-order valence-corrected chi connectivity index (χ1v) is 8.95. The zero-order valence-electron chi connectivity index (χ0n) is 14.0. The third-order valence-electron chi connectivity index (χ3n) is 6.06. The van der Waals surface area contributed by atoms with Crippen LogP contribution in [0, 0.1) is 31.6 Å². The molecule has 0 spiro atoms. The molecule has 116 valence electrons. The van der Waals surface area contributed by atoms with Crippen LogP contribution in [0.4, 0.5) is 0 Å². The summed E-state index contributed by atoms with van der Waals surface area (Å²) in [7, 11) is 0. The van der Waals surface area contributed by atoms with Gasteiger partial charge >= 0.3 is 0 Å². The maximum atomic E-state index is 3.77. The third kappa shape index (κ3) is 3.34. The lowest BCUT2D eigenvalue weighted by Gasteiger charge is -2.28. The second-order valence-corrected chi connectivity index (χ2v) is 7.50. The number of hydrogen-bond acceptors (Lipinski definition) is 1. The molecule has 4 unspecified atom stereocenters. The molecule has 3 rings (SSSR count). The molecular weight excluding hydrogens is 254 g/mol. The molecule has 0 saturated heterocycles. The van der Waals surface area contributed by atoms with E-state index in [9.17, 15) is 0 Å². The molecule has 0 radical (unpaired) electrons. The second kappa shape index (κ2) is 6.52. The largest absolute Gasteiger partial charge is 0.314 e. The SMILES string of the molecule is CCNC(Cc1c(C)cccc1C)CC1CC2CCC1C2. The number of fused-ring (bicyclic) bond motifs is 2. The Morgan fingerprint density at radius 1 is 1.14 bits per heavy atom. The first kappa shape index (κ1) is 15.1. The van der Waals surface area contributed by atoms with Crippen molar-refractivity contribution >= 4 is 0 Å². The number of nitrogens with one attached hydrogen (secondary N) is 1. The molecule has 2 bridgehead atoms. The highest BCUT2D eigenvalue weighted by molar-refractivity contribution is 5.34. The molecule has 4 atom stereocenters. The van der Waals surface area contributed by atoms with E-state index in [1.54, 1.807) is 5.56 Å². The van der Waals surface area contributed by atoms with Gasteiger partial charge in [-0.1, -0.05) is 31.5 Å². The number of likely N-dealkylation sites (N-methyl/N-ethyl adjacent to an activating group) is 1. The van der Waals surface area contributed by atoms with Crippen molar-refractivity contribution in [1.82, 2.24) is 5.32 Å². The van der Waals surface area contributed by atoms with Crippen molar-refractivity contribution in [2.45, 2.75) is 65.3 Å². The van der Waals surface area contributed by atoms with E-state index >= 15 is 0 Å². The Hall–Kier alpha value is -0.820. The molecule has 0 amide bonds. The fraction of sp³-hybridized carbons (Fsp3) is 0.700. The normalized spacial score (nSPS) is 29.0. The van der Waals surface area contributed by atoms with Crippen molar-refractivity contribution in [1.29, 1.82) is 0 Å². The minimum absolute atomic E-state index is 0.666. The third-order valence-corrected chi connectivity index (χ3v) is 6.06. The van der Waals surface area contributed by atoms with Gasteiger partial charge in [-0.3, -0.25) is 0 Å². The average Bonchev–Trinajstić information content (AvgIpc) is 3.05. The van der Waals surface area contributed by atoms with E-state index in [4.69, 9.17) is 0 Å². The van der Waals surface area contributed by atoms with Gasteiger partial charge in [0.2, 0.25) is 0 Å². The topological polar surface area (TPSA) is 12.0 Å². The monoisotopic (exact) mass is 285 g/mol. The molecule has 21 heavy (non-hydrogen) atoms. The summed E-state index contributed by atoms with van der Waals surface area (Å²) in [6.45, 7) is 7.88. The summed E-state index contributed by atoms with van der Waals surface area (Å²) in [6, 6.07) is 7.39. The van der Waals surface area contributed by atoms with Crippen LogP contribution in [0.1, 0.15) is 55.7 Å².